The summed E-state index contributed by atoms with van der Waals surface area (Å²) in [6, 6.07) is 12.6. The molecule has 1 heterocycles. The standard InChI is InChI=1S/C18H18N2O4S2/c1-11-13-6-4-5-7-16(13)25-17(11)18(21)19-12-8-9-14(15(10-12)24-2)20-26(3,22)23/h4-10,20H,1-3H3,(H,19,21). The summed E-state index contributed by atoms with van der Waals surface area (Å²) in [5, 5.41) is 3.90. The van der Waals surface area contributed by atoms with Crippen LogP contribution in [0.3, 0.4) is 0 Å². The van der Waals surface area contributed by atoms with Crippen molar-refractivity contribution in [2.45, 2.75) is 6.92 Å². The zero-order chi connectivity index (χ0) is 18.9. The number of aryl methyl sites for hydroxylation is 1. The normalized spacial score (nSPS) is 11.3. The summed E-state index contributed by atoms with van der Waals surface area (Å²) < 4.78 is 31.5. The van der Waals surface area contributed by atoms with Crippen molar-refractivity contribution in [1.82, 2.24) is 0 Å². The molecule has 1 amide bonds. The van der Waals surface area contributed by atoms with E-state index in [-0.39, 0.29) is 5.91 Å². The number of rotatable bonds is 5. The van der Waals surface area contributed by atoms with Gasteiger partial charge in [-0.2, -0.15) is 0 Å². The van der Waals surface area contributed by atoms with E-state index < -0.39 is 10.0 Å². The third kappa shape index (κ3) is 3.81. The van der Waals surface area contributed by atoms with Crippen LogP contribution in [0.2, 0.25) is 0 Å². The predicted octanol–water partition coefficient (Wildman–Crippen LogP) is 3.84. The van der Waals surface area contributed by atoms with E-state index >= 15 is 0 Å². The van der Waals surface area contributed by atoms with Crippen LogP contribution in [0.15, 0.2) is 42.5 Å². The highest BCUT2D eigenvalue weighted by Gasteiger charge is 2.16. The Balaban J connectivity index is 1.88. The first-order chi connectivity index (χ1) is 12.3. The number of anilines is 2. The maximum atomic E-state index is 12.7. The largest absolute Gasteiger partial charge is 0.494 e. The van der Waals surface area contributed by atoms with Crippen LogP contribution in [0.25, 0.3) is 10.1 Å². The third-order valence-electron chi connectivity index (χ3n) is 3.80. The summed E-state index contributed by atoms with van der Waals surface area (Å²) in [7, 11) is -1.99. The van der Waals surface area contributed by atoms with Gasteiger partial charge in [-0.15, -0.1) is 11.3 Å². The van der Waals surface area contributed by atoms with Gasteiger partial charge in [0, 0.05) is 16.5 Å². The van der Waals surface area contributed by atoms with Crippen LogP contribution in [-0.2, 0) is 10.0 Å². The Morgan fingerprint density at radius 3 is 2.54 bits per heavy atom. The minimum Gasteiger partial charge on any atom is -0.494 e. The Morgan fingerprint density at radius 1 is 1.15 bits per heavy atom. The summed E-state index contributed by atoms with van der Waals surface area (Å²) in [6.45, 7) is 1.92. The molecule has 2 N–H and O–H groups in total. The van der Waals surface area contributed by atoms with Crippen molar-refractivity contribution in [1.29, 1.82) is 0 Å². The van der Waals surface area contributed by atoms with Gasteiger partial charge in [0.05, 0.1) is 23.9 Å². The topological polar surface area (TPSA) is 84.5 Å². The minimum absolute atomic E-state index is 0.213. The number of thiophene rings is 1. The molecule has 0 aliphatic carbocycles. The molecule has 26 heavy (non-hydrogen) atoms. The van der Waals surface area contributed by atoms with E-state index in [1.54, 1.807) is 18.2 Å². The first-order valence-corrected chi connectivity index (χ1v) is 10.4. The van der Waals surface area contributed by atoms with Crippen molar-refractivity contribution >= 4 is 48.7 Å². The molecule has 0 spiro atoms. The van der Waals surface area contributed by atoms with Crippen LogP contribution in [-0.4, -0.2) is 27.7 Å². The molecule has 0 bridgehead atoms. The van der Waals surface area contributed by atoms with E-state index in [0.717, 1.165) is 21.9 Å². The van der Waals surface area contributed by atoms with Gasteiger partial charge in [-0.3, -0.25) is 9.52 Å². The van der Waals surface area contributed by atoms with Crippen molar-refractivity contribution in [3.8, 4) is 5.75 Å². The zero-order valence-electron chi connectivity index (χ0n) is 14.5. The molecule has 0 saturated carbocycles. The van der Waals surface area contributed by atoms with Gasteiger partial charge in [-0.25, -0.2) is 8.42 Å². The summed E-state index contributed by atoms with van der Waals surface area (Å²) in [5.41, 5.74) is 1.76. The molecule has 8 heteroatoms. The number of benzene rings is 2. The highest BCUT2D eigenvalue weighted by molar-refractivity contribution is 7.92. The number of fused-ring (bicyclic) bond motifs is 1. The van der Waals surface area contributed by atoms with Gasteiger partial charge >= 0.3 is 0 Å². The highest BCUT2D eigenvalue weighted by Crippen LogP contribution is 2.32. The van der Waals surface area contributed by atoms with Gasteiger partial charge in [0.2, 0.25) is 10.0 Å². The summed E-state index contributed by atoms with van der Waals surface area (Å²) in [5.74, 6) is 0.107. The molecule has 0 radical (unpaired) electrons. The molecule has 0 atom stereocenters. The number of carbonyl (C=O) groups is 1. The Hall–Kier alpha value is -2.58. The smallest absolute Gasteiger partial charge is 0.266 e. The van der Waals surface area contributed by atoms with Crippen LogP contribution in [0.4, 0.5) is 11.4 Å². The first kappa shape index (κ1) is 18.2. The van der Waals surface area contributed by atoms with Crippen LogP contribution in [0, 0.1) is 6.92 Å². The number of hydrogen-bond acceptors (Lipinski definition) is 5. The number of ether oxygens (including phenoxy) is 1. The Morgan fingerprint density at radius 2 is 1.88 bits per heavy atom. The molecule has 3 rings (SSSR count). The molecule has 0 unspecified atom stereocenters. The third-order valence-corrected chi connectivity index (χ3v) is 5.67. The number of nitrogens with one attached hydrogen (secondary N) is 2. The van der Waals surface area contributed by atoms with Crippen molar-refractivity contribution in [3.05, 3.63) is 52.9 Å². The fourth-order valence-corrected chi connectivity index (χ4v) is 4.30. The number of methoxy groups -OCH3 is 1. The van der Waals surface area contributed by atoms with E-state index in [1.807, 2.05) is 31.2 Å². The van der Waals surface area contributed by atoms with Crippen LogP contribution < -0.4 is 14.8 Å². The molecule has 0 aliphatic rings. The maximum Gasteiger partial charge on any atom is 0.266 e. The predicted molar refractivity (Wildman–Crippen MR) is 106 cm³/mol. The lowest BCUT2D eigenvalue weighted by Crippen LogP contribution is -2.13. The number of hydrogen-bond donors (Lipinski definition) is 2. The highest BCUT2D eigenvalue weighted by atomic mass is 32.2. The van der Waals surface area contributed by atoms with Crippen molar-refractivity contribution in [2.24, 2.45) is 0 Å². The summed E-state index contributed by atoms with van der Waals surface area (Å²) >= 11 is 1.44. The van der Waals surface area contributed by atoms with Gasteiger partial charge in [0.15, 0.2) is 0 Å². The van der Waals surface area contributed by atoms with Crippen molar-refractivity contribution in [3.63, 3.8) is 0 Å². The maximum absolute atomic E-state index is 12.7. The molecule has 0 aliphatic heterocycles. The summed E-state index contributed by atoms with van der Waals surface area (Å²) in [6.07, 6.45) is 1.06. The lowest BCUT2D eigenvalue weighted by Gasteiger charge is -2.12. The molecule has 3 aromatic rings. The number of carbonyl (C=O) groups excluding carboxylic acids is 1. The monoisotopic (exact) mass is 390 g/mol. The Bertz CT molecular complexity index is 1090. The lowest BCUT2D eigenvalue weighted by molar-refractivity contribution is 0.103. The van der Waals surface area contributed by atoms with Gasteiger partial charge in [0.25, 0.3) is 5.91 Å². The van der Waals surface area contributed by atoms with E-state index in [4.69, 9.17) is 4.74 Å². The fraction of sp³-hybridized carbons (Fsp3) is 0.167. The zero-order valence-corrected chi connectivity index (χ0v) is 16.1. The SMILES string of the molecule is COc1cc(NC(=O)c2sc3ccccc3c2C)ccc1NS(C)(=O)=O. The second-order valence-corrected chi connectivity index (χ2v) is 8.60. The van der Waals surface area contributed by atoms with E-state index in [1.165, 1.54) is 18.4 Å². The Kier molecular flexibility index (Phi) is 4.88. The molecular weight excluding hydrogens is 372 g/mol. The Labute approximate surface area is 155 Å². The molecular formula is C18H18N2O4S2. The summed E-state index contributed by atoms with van der Waals surface area (Å²) in [4.78, 5) is 13.3. The lowest BCUT2D eigenvalue weighted by atomic mass is 10.1. The fourth-order valence-electron chi connectivity index (χ4n) is 2.63. The van der Waals surface area contributed by atoms with Crippen molar-refractivity contribution in [2.75, 3.05) is 23.4 Å². The average Bonchev–Trinajstić information content (AvgIpc) is 2.92. The van der Waals surface area contributed by atoms with Crippen LogP contribution >= 0.6 is 11.3 Å². The van der Waals surface area contributed by atoms with Gasteiger partial charge in [-0.1, -0.05) is 18.2 Å². The first-order valence-electron chi connectivity index (χ1n) is 7.74. The van der Waals surface area contributed by atoms with E-state index in [2.05, 4.69) is 10.0 Å². The molecule has 1 aromatic heterocycles. The molecule has 2 aromatic carbocycles. The van der Waals surface area contributed by atoms with Crippen LogP contribution in [0.5, 0.6) is 5.75 Å². The van der Waals surface area contributed by atoms with E-state index in [9.17, 15) is 13.2 Å². The van der Waals surface area contributed by atoms with Gasteiger partial charge in [0.1, 0.15) is 5.75 Å². The number of amides is 1. The van der Waals surface area contributed by atoms with Gasteiger partial charge in [-0.05, 0) is 36.1 Å². The van der Waals surface area contributed by atoms with Crippen molar-refractivity contribution < 1.29 is 17.9 Å². The molecule has 0 fully saturated rings. The van der Waals surface area contributed by atoms with Gasteiger partial charge < -0.3 is 10.1 Å². The second-order valence-electron chi connectivity index (χ2n) is 5.80. The average molecular weight is 390 g/mol. The quantitative estimate of drug-likeness (QED) is 0.693. The number of sulfonamides is 1. The molecule has 0 saturated heterocycles. The minimum atomic E-state index is -3.42. The second kappa shape index (κ2) is 6.97. The molecule has 6 nitrogen and oxygen atoms in total. The molecule has 136 valence electrons. The van der Waals surface area contributed by atoms with E-state index in [0.29, 0.717) is 22.0 Å². The van der Waals surface area contributed by atoms with Crippen LogP contribution in [0.1, 0.15) is 15.2 Å².